The molecule has 0 fully saturated rings. The van der Waals surface area contributed by atoms with Crippen molar-refractivity contribution < 1.29 is 9.59 Å². The second-order valence-electron chi connectivity index (χ2n) is 3.77. The number of nitrogens with one attached hydrogen (secondary N) is 2. The van der Waals surface area contributed by atoms with E-state index < -0.39 is 0 Å². The first-order valence-corrected chi connectivity index (χ1v) is 5.15. The summed E-state index contributed by atoms with van der Waals surface area (Å²) >= 11 is 0. The lowest BCUT2D eigenvalue weighted by Gasteiger charge is -2.17. The molecule has 0 aliphatic heterocycles. The number of likely N-dealkylation sites (N-methyl/N-ethyl adjacent to an activating group) is 1. The Hall–Kier alpha value is -1.10. The zero-order valence-electron chi connectivity index (χ0n) is 9.96. The molecule has 0 aromatic heterocycles. The van der Waals surface area contributed by atoms with Gasteiger partial charge in [0.05, 0.1) is 6.54 Å². The third kappa shape index (κ3) is 6.90. The summed E-state index contributed by atoms with van der Waals surface area (Å²) in [7, 11) is 3.29. The van der Waals surface area contributed by atoms with Crippen molar-refractivity contribution >= 4 is 11.8 Å². The highest BCUT2D eigenvalue weighted by Crippen LogP contribution is 1.89. The maximum Gasteiger partial charge on any atom is 0.236 e. The maximum absolute atomic E-state index is 11.5. The summed E-state index contributed by atoms with van der Waals surface area (Å²) in [6, 6.07) is 0.293. The quantitative estimate of drug-likeness (QED) is 0.632. The number of hydrogen-bond acceptors (Lipinski definition) is 3. The molecule has 0 unspecified atom stereocenters. The number of hydrogen-bond donors (Lipinski definition) is 2. The number of amides is 2. The van der Waals surface area contributed by atoms with E-state index in [4.69, 9.17) is 0 Å². The lowest BCUT2D eigenvalue weighted by molar-refractivity contribution is -0.129. The normalized spacial score (nSPS) is 10.2. The van der Waals surface area contributed by atoms with E-state index in [9.17, 15) is 9.59 Å². The van der Waals surface area contributed by atoms with Gasteiger partial charge >= 0.3 is 0 Å². The van der Waals surface area contributed by atoms with Crippen LogP contribution in [0.25, 0.3) is 0 Å². The average Bonchev–Trinajstić information content (AvgIpc) is 2.21. The minimum absolute atomic E-state index is 0.00704. The molecule has 0 spiro atoms. The van der Waals surface area contributed by atoms with Gasteiger partial charge < -0.3 is 15.5 Å². The first-order valence-electron chi connectivity index (χ1n) is 5.15. The molecule has 0 heterocycles. The molecule has 0 aromatic carbocycles. The van der Waals surface area contributed by atoms with E-state index in [1.165, 1.54) is 0 Å². The Morgan fingerprint density at radius 1 is 1.33 bits per heavy atom. The fourth-order valence-corrected chi connectivity index (χ4v) is 0.945. The molecule has 0 bridgehead atoms. The Bertz CT molecular complexity index is 217. The Kier molecular flexibility index (Phi) is 6.70. The molecule has 0 aromatic rings. The smallest absolute Gasteiger partial charge is 0.236 e. The lowest BCUT2D eigenvalue weighted by atomic mass is 10.3. The van der Waals surface area contributed by atoms with Crippen molar-refractivity contribution in [3.63, 3.8) is 0 Å². The van der Waals surface area contributed by atoms with Crippen molar-refractivity contribution in [2.45, 2.75) is 26.3 Å². The van der Waals surface area contributed by atoms with Gasteiger partial charge in [-0.2, -0.15) is 0 Å². The average molecular weight is 215 g/mol. The monoisotopic (exact) mass is 215 g/mol. The Morgan fingerprint density at radius 2 is 1.93 bits per heavy atom. The predicted molar refractivity (Wildman–Crippen MR) is 59.5 cm³/mol. The molecule has 0 atom stereocenters. The van der Waals surface area contributed by atoms with Crippen LogP contribution in [-0.4, -0.2) is 49.9 Å². The predicted octanol–water partition coefficient (Wildman–Crippen LogP) is -0.421. The van der Waals surface area contributed by atoms with Gasteiger partial charge in [0, 0.05) is 33.1 Å². The second kappa shape index (κ2) is 7.23. The van der Waals surface area contributed by atoms with E-state index in [2.05, 4.69) is 10.6 Å². The number of carbonyl (C=O) groups excluding carboxylic acids is 2. The van der Waals surface area contributed by atoms with Gasteiger partial charge in [-0.1, -0.05) is 13.8 Å². The molecule has 0 saturated carbocycles. The Morgan fingerprint density at radius 3 is 2.40 bits per heavy atom. The highest BCUT2D eigenvalue weighted by molar-refractivity contribution is 5.79. The molecule has 15 heavy (non-hydrogen) atoms. The molecule has 5 heteroatoms. The number of carbonyl (C=O) groups is 2. The molecule has 0 aliphatic carbocycles. The van der Waals surface area contributed by atoms with Gasteiger partial charge in [0.25, 0.3) is 0 Å². The fourth-order valence-electron chi connectivity index (χ4n) is 0.945. The second-order valence-corrected chi connectivity index (χ2v) is 3.77. The van der Waals surface area contributed by atoms with Gasteiger partial charge in [-0.05, 0) is 0 Å². The molecule has 0 rings (SSSR count). The van der Waals surface area contributed by atoms with Crippen LogP contribution >= 0.6 is 0 Å². The zero-order chi connectivity index (χ0) is 11.8. The Labute approximate surface area is 91.2 Å². The topological polar surface area (TPSA) is 61.4 Å². The van der Waals surface area contributed by atoms with Gasteiger partial charge in [-0.25, -0.2) is 0 Å². The summed E-state index contributed by atoms with van der Waals surface area (Å²) in [5.41, 5.74) is 0. The van der Waals surface area contributed by atoms with Crippen molar-refractivity contribution in [1.82, 2.24) is 15.5 Å². The van der Waals surface area contributed by atoms with Gasteiger partial charge in [-0.15, -0.1) is 0 Å². The van der Waals surface area contributed by atoms with E-state index in [0.717, 1.165) is 0 Å². The van der Waals surface area contributed by atoms with Crippen LogP contribution in [0.4, 0.5) is 0 Å². The van der Waals surface area contributed by atoms with Crippen molar-refractivity contribution in [2.75, 3.05) is 27.2 Å². The molecule has 88 valence electrons. The summed E-state index contributed by atoms with van der Waals surface area (Å²) < 4.78 is 0. The van der Waals surface area contributed by atoms with E-state index in [0.29, 0.717) is 25.6 Å². The van der Waals surface area contributed by atoms with Crippen molar-refractivity contribution in [3.05, 3.63) is 0 Å². The van der Waals surface area contributed by atoms with Crippen LogP contribution in [0.15, 0.2) is 0 Å². The van der Waals surface area contributed by atoms with Crippen molar-refractivity contribution in [3.8, 4) is 0 Å². The van der Waals surface area contributed by atoms with Crippen LogP contribution in [0, 0.1) is 0 Å². The SMILES string of the molecule is CNC(=O)CCN(C)C(=O)CNC(C)C. The van der Waals surface area contributed by atoms with Crippen LogP contribution in [0.5, 0.6) is 0 Å². The fraction of sp³-hybridized carbons (Fsp3) is 0.800. The molecule has 0 saturated heterocycles. The minimum Gasteiger partial charge on any atom is -0.359 e. The summed E-state index contributed by atoms with van der Waals surface area (Å²) in [5.74, 6) is -0.0425. The summed E-state index contributed by atoms with van der Waals surface area (Å²) in [4.78, 5) is 24.0. The molecule has 2 N–H and O–H groups in total. The molecule has 2 amide bonds. The largest absolute Gasteiger partial charge is 0.359 e. The summed E-state index contributed by atoms with van der Waals surface area (Å²) in [6.45, 7) is 4.75. The highest BCUT2D eigenvalue weighted by atomic mass is 16.2. The van der Waals surface area contributed by atoms with E-state index in [1.807, 2.05) is 13.8 Å². The highest BCUT2D eigenvalue weighted by Gasteiger charge is 2.09. The van der Waals surface area contributed by atoms with Gasteiger partial charge in [0.15, 0.2) is 0 Å². The van der Waals surface area contributed by atoms with E-state index in [-0.39, 0.29) is 11.8 Å². The number of rotatable bonds is 6. The van der Waals surface area contributed by atoms with Gasteiger partial charge in [0.1, 0.15) is 0 Å². The third-order valence-corrected chi connectivity index (χ3v) is 2.04. The van der Waals surface area contributed by atoms with Gasteiger partial charge in [0.2, 0.25) is 11.8 Å². The number of nitrogens with zero attached hydrogens (tertiary/aromatic N) is 1. The minimum atomic E-state index is -0.0496. The van der Waals surface area contributed by atoms with Crippen LogP contribution < -0.4 is 10.6 Å². The van der Waals surface area contributed by atoms with Crippen LogP contribution in [0.3, 0.4) is 0 Å². The van der Waals surface area contributed by atoms with Gasteiger partial charge in [-0.3, -0.25) is 9.59 Å². The molecule has 5 nitrogen and oxygen atoms in total. The zero-order valence-corrected chi connectivity index (χ0v) is 9.96. The summed E-state index contributed by atoms with van der Waals surface area (Å²) in [5, 5.41) is 5.55. The lowest BCUT2D eigenvalue weighted by Crippen LogP contribution is -2.39. The van der Waals surface area contributed by atoms with Crippen LogP contribution in [-0.2, 0) is 9.59 Å². The molecular formula is C10H21N3O2. The van der Waals surface area contributed by atoms with Crippen molar-refractivity contribution in [2.24, 2.45) is 0 Å². The van der Waals surface area contributed by atoms with Crippen molar-refractivity contribution in [1.29, 1.82) is 0 Å². The first kappa shape index (κ1) is 13.9. The van der Waals surface area contributed by atoms with Crippen LogP contribution in [0.2, 0.25) is 0 Å². The third-order valence-electron chi connectivity index (χ3n) is 2.04. The maximum atomic E-state index is 11.5. The first-order chi connectivity index (χ1) is 6.97. The summed E-state index contributed by atoms with van der Waals surface area (Å²) in [6.07, 6.45) is 0.348. The van der Waals surface area contributed by atoms with E-state index in [1.54, 1.807) is 19.0 Å². The Balaban J connectivity index is 3.74. The van der Waals surface area contributed by atoms with E-state index >= 15 is 0 Å². The molecule has 0 aliphatic rings. The standard InChI is InChI=1S/C10H21N3O2/c1-8(2)12-7-10(15)13(4)6-5-9(14)11-3/h8,12H,5-7H2,1-4H3,(H,11,14). The molecule has 0 radical (unpaired) electrons. The molecular weight excluding hydrogens is 194 g/mol. The van der Waals surface area contributed by atoms with Crippen LogP contribution in [0.1, 0.15) is 20.3 Å².